The van der Waals surface area contributed by atoms with Crippen molar-refractivity contribution in [3.05, 3.63) is 30.3 Å². The highest BCUT2D eigenvalue weighted by Crippen LogP contribution is 2.25. The van der Waals surface area contributed by atoms with Crippen LogP contribution in [0.15, 0.2) is 30.3 Å². The third-order valence-corrected chi connectivity index (χ3v) is 3.33. The maximum absolute atomic E-state index is 12.5. The van der Waals surface area contributed by atoms with Crippen LogP contribution < -0.4 is 4.90 Å². The van der Waals surface area contributed by atoms with E-state index < -0.39 is 6.04 Å². The summed E-state index contributed by atoms with van der Waals surface area (Å²) >= 11 is 0. The van der Waals surface area contributed by atoms with Crippen molar-refractivity contribution in [1.29, 1.82) is 0 Å². The molecule has 5 heteroatoms. The van der Waals surface area contributed by atoms with Crippen molar-refractivity contribution in [3.8, 4) is 0 Å². The summed E-state index contributed by atoms with van der Waals surface area (Å²) < 4.78 is 5.60. The van der Waals surface area contributed by atoms with Crippen LogP contribution in [0.3, 0.4) is 0 Å². The van der Waals surface area contributed by atoms with Crippen LogP contribution in [0, 0.1) is 0 Å². The van der Waals surface area contributed by atoms with Crippen molar-refractivity contribution in [2.45, 2.75) is 39.3 Å². The van der Waals surface area contributed by atoms with Crippen molar-refractivity contribution < 1.29 is 14.3 Å². The number of rotatable bonds is 4. The molecule has 1 saturated heterocycles. The van der Waals surface area contributed by atoms with Gasteiger partial charge in [0, 0.05) is 5.69 Å². The van der Waals surface area contributed by atoms with E-state index in [1.54, 1.807) is 6.92 Å². The number of imide groups is 1. The summed E-state index contributed by atoms with van der Waals surface area (Å²) in [5.41, 5.74) is 0.457. The second-order valence-corrected chi connectivity index (χ2v) is 6.11. The molecular formula is C16H22N2O3. The molecule has 114 valence electrons. The number of carbonyl (C=O) groups excluding carboxylic acids is 2. The molecule has 2 rings (SSSR count). The first-order valence-electron chi connectivity index (χ1n) is 7.15. The number of nitrogens with zero attached hydrogens (tertiary/aromatic N) is 2. The minimum absolute atomic E-state index is 0.179. The number of hydrogen-bond acceptors (Lipinski definition) is 3. The summed E-state index contributed by atoms with van der Waals surface area (Å²) in [6.45, 7) is 8.20. The molecule has 1 heterocycles. The first-order valence-corrected chi connectivity index (χ1v) is 7.15. The third-order valence-electron chi connectivity index (χ3n) is 3.33. The highest BCUT2D eigenvalue weighted by atomic mass is 16.5. The molecule has 1 aliphatic rings. The second-order valence-electron chi connectivity index (χ2n) is 6.11. The summed E-state index contributed by atoms with van der Waals surface area (Å²) in [6, 6.07) is 8.49. The average Bonchev–Trinajstić information content (AvgIpc) is 2.62. The Kier molecular flexibility index (Phi) is 4.32. The Morgan fingerprint density at radius 2 is 1.76 bits per heavy atom. The lowest BCUT2D eigenvalue weighted by Gasteiger charge is -2.22. The molecule has 1 fully saturated rings. The number of amides is 3. The van der Waals surface area contributed by atoms with E-state index in [2.05, 4.69) is 0 Å². The Labute approximate surface area is 125 Å². The van der Waals surface area contributed by atoms with Crippen LogP contribution >= 0.6 is 0 Å². The number of anilines is 1. The Morgan fingerprint density at radius 3 is 2.33 bits per heavy atom. The van der Waals surface area contributed by atoms with Crippen LogP contribution in [0.5, 0.6) is 0 Å². The molecule has 1 aliphatic heterocycles. The maximum atomic E-state index is 12.5. The minimum Gasteiger partial charge on any atom is -0.374 e. The molecule has 0 aliphatic carbocycles. The largest absolute Gasteiger partial charge is 0.374 e. The van der Waals surface area contributed by atoms with Gasteiger partial charge in [0.15, 0.2) is 0 Å². The Balaban J connectivity index is 2.08. The van der Waals surface area contributed by atoms with Crippen molar-refractivity contribution >= 4 is 17.6 Å². The topological polar surface area (TPSA) is 49.9 Å². The van der Waals surface area contributed by atoms with Gasteiger partial charge in [0.1, 0.15) is 6.04 Å². The molecule has 0 aromatic heterocycles. The van der Waals surface area contributed by atoms with Gasteiger partial charge in [-0.15, -0.1) is 0 Å². The molecule has 1 aromatic carbocycles. The highest BCUT2D eigenvalue weighted by molar-refractivity contribution is 6.14. The van der Waals surface area contributed by atoms with Gasteiger partial charge in [0.05, 0.1) is 18.8 Å². The van der Waals surface area contributed by atoms with Crippen LogP contribution in [-0.2, 0) is 9.53 Å². The van der Waals surface area contributed by atoms with Crippen LogP contribution in [-0.4, -0.2) is 41.6 Å². The third kappa shape index (κ3) is 3.42. The van der Waals surface area contributed by atoms with E-state index in [0.717, 1.165) is 5.69 Å². The smallest absolute Gasteiger partial charge is 0.332 e. The molecule has 0 radical (unpaired) electrons. The van der Waals surface area contributed by atoms with E-state index in [9.17, 15) is 9.59 Å². The molecule has 1 aromatic rings. The Hall–Kier alpha value is -1.88. The van der Waals surface area contributed by atoms with E-state index in [4.69, 9.17) is 4.74 Å². The standard InChI is InChI=1S/C16H22N2O3/c1-12-14(19)17(10-11-21-16(2,3)4)15(20)18(12)13-8-6-5-7-9-13/h5-9,12H,10-11H2,1-4H3/t12-/m1/s1. The number of ether oxygens (including phenoxy) is 1. The van der Waals surface area contributed by atoms with E-state index >= 15 is 0 Å². The van der Waals surface area contributed by atoms with E-state index in [1.165, 1.54) is 9.80 Å². The average molecular weight is 290 g/mol. The normalized spacial score (nSPS) is 19.5. The van der Waals surface area contributed by atoms with Gasteiger partial charge >= 0.3 is 6.03 Å². The quantitative estimate of drug-likeness (QED) is 0.801. The molecule has 0 spiro atoms. The molecular weight excluding hydrogens is 268 g/mol. The molecule has 3 amide bonds. The van der Waals surface area contributed by atoms with E-state index in [1.807, 2.05) is 51.1 Å². The molecule has 0 unspecified atom stereocenters. The van der Waals surface area contributed by atoms with Gasteiger partial charge in [-0.25, -0.2) is 4.79 Å². The van der Waals surface area contributed by atoms with Gasteiger partial charge in [-0.05, 0) is 39.8 Å². The molecule has 0 saturated carbocycles. The molecule has 1 atom stereocenters. The van der Waals surface area contributed by atoms with Gasteiger partial charge in [-0.1, -0.05) is 18.2 Å². The number of para-hydroxylation sites is 1. The second kappa shape index (κ2) is 5.85. The van der Waals surface area contributed by atoms with E-state index in [0.29, 0.717) is 6.61 Å². The van der Waals surface area contributed by atoms with Crippen LogP contribution in [0.1, 0.15) is 27.7 Å². The van der Waals surface area contributed by atoms with Crippen molar-refractivity contribution in [1.82, 2.24) is 4.90 Å². The van der Waals surface area contributed by atoms with E-state index in [-0.39, 0.29) is 24.1 Å². The van der Waals surface area contributed by atoms with Gasteiger partial charge in [0.2, 0.25) is 0 Å². The lowest BCUT2D eigenvalue weighted by Crippen LogP contribution is -2.37. The number of carbonyl (C=O) groups is 2. The summed E-state index contributed by atoms with van der Waals surface area (Å²) in [5, 5.41) is 0. The van der Waals surface area contributed by atoms with Crippen molar-refractivity contribution in [2.75, 3.05) is 18.1 Å². The first kappa shape index (κ1) is 15.5. The fraction of sp³-hybridized carbons (Fsp3) is 0.500. The van der Waals surface area contributed by atoms with Crippen LogP contribution in [0.4, 0.5) is 10.5 Å². The summed E-state index contributed by atoms with van der Waals surface area (Å²) in [4.78, 5) is 27.5. The zero-order valence-electron chi connectivity index (χ0n) is 13.0. The zero-order valence-corrected chi connectivity index (χ0v) is 13.0. The van der Waals surface area contributed by atoms with Gasteiger partial charge in [0.25, 0.3) is 5.91 Å². The monoisotopic (exact) mass is 290 g/mol. The fourth-order valence-corrected chi connectivity index (χ4v) is 2.30. The number of benzene rings is 1. The fourth-order valence-electron chi connectivity index (χ4n) is 2.30. The van der Waals surface area contributed by atoms with Crippen molar-refractivity contribution in [3.63, 3.8) is 0 Å². The zero-order chi connectivity index (χ0) is 15.6. The Bertz CT molecular complexity index is 522. The van der Waals surface area contributed by atoms with Gasteiger partial charge in [-0.2, -0.15) is 0 Å². The van der Waals surface area contributed by atoms with Gasteiger partial charge in [-0.3, -0.25) is 14.6 Å². The highest BCUT2D eigenvalue weighted by Gasteiger charge is 2.42. The minimum atomic E-state index is -0.477. The lowest BCUT2D eigenvalue weighted by molar-refractivity contribution is -0.128. The van der Waals surface area contributed by atoms with Gasteiger partial charge < -0.3 is 4.74 Å². The SMILES string of the molecule is C[C@@H]1C(=O)N(CCOC(C)(C)C)C(=O)N1c1ccccc1. The number of urea groups is 1. The number of hydrogen-bond donors (Lipinski definition) is 0. The van der Waals surface area contributed by atoms with Crippen LogP contribution in [0.25, 0.3) is 0 Å². The van der Waals surface area contributed by atoms with Crippen molar-refractivity contribution in [2.24, 2.45) is 0 Å². The molecule has 5 nitrogen and oxygen atoms in total. The summed E-state index contributed by atoms with van der Waals surface area (Å²) in [7, 11) is 0. The van der Waals surface area contributed by atoms with Crippen LogP contribution in [0.2, 0.25) is 0 Å². The molecule has 21 heavy (non-hydrogen) atoms. The Morgan fingerprint density at radius 1 is 1.14 bits per heavy atom. The lowest BCUT2D eigenvalue weighted by atomic mass is 10.2. The molecule has 0 bridgehead atoms. The predicted molar refractivity (Wildman–Crippen MR) is 81.2 cm³/mol. The maximum Gasteiger partial charge on any atom is 0.332 e. The summed E-state index contributed by atoms with van der Waals surface area (Å²) in [6.07, 6.45) is 0. The first-order chi connectivity index (χ1) is 9.81. The molecule has 0 N–H and O–H groups in total. The summed E-state index contributed by atoms with van der Waals surface area (Å²) in [5.74, 6) is -0.179. The predicted octanol–water partition coefficient (Wildman–Crippen LogP) is 2.66.